The van der Waals surface area contributed by atoms with Gasteiger partial charge in [0.2, 0.25) is 0 Å². The summed E-state index contributed by atoms with van der Waals surface area (Å²) < 4.78 is 4.06. The van der Waals surface area contributed by atoms with E-state index in [4.69, 9.17) is 5.11 Å². The SMILES string of the molecule is CCCc1n(CC)c(C)c[n+]1C(C)C(=O)O. The van der Waals surface area contributed by atoms with Gasteiger partial charge < -0.3 is 5.11 Å². The van der Waals surface area contributed by atoms with E-state index in [1.807, 2.05) is 17.7 Å². The number of rotatable bonds is 5. The summed E-state index contributed by atoms with van der Waals surface area (Å²) in [4.78, 5) is 11.0. The quantitative estimate of drug-likeness (QED) is 0.775. The lowest BCUT2D eigenvalue weighted by atomic mass is 10.3. The van der Waals surface area contributed by atoms with E-state index in [0.29, 0.717) is 0 Å². The van der Waals surface area contributed by atoms with Gasteiger partial charge in [-0.2, -0.15) is 0 Å². The van der Waals surface area contributed by atoms with Crippen molar-refractivity contribution in [3.63, 3.8) is 0 Å². The van der Waals surface area contributed by atoms with Gasteiger partial charge >= 0.3 is 5.97 Å². The number of nitrogens with zero attached hydrogens (tertiary/aromatic N) is 2. The normalized spacial score (nSPS) is 12.8. The Kier molecular flexibility index (Phi) is 4.10. The van der Waals surface area contributed by atoms with Crippen LogP contribution in [0.15, 0.2) is 6.20 Å². The van der Waals surface area contributed by atoms with E-state index in [-0.39, 0.29) is 0 Å². The molecule has 1 N–H and O–H groups in total. The molecule has 90 valence electrons. The summed E-state index contributed by atoms with van der Waals surface area (Å²) in [6.45, 7) is 8.83. The molecule has 0 radical (unpaired) electrons. The van der Waals surface area contributed by atoms with Crippen molar-refractivity contribution in [2.24, 2.45) is 0 Å². The first-order valence-corrected chi connectivity index (χ1v) is 5.85. The third kappa shape index (κ3) is 2.26. The lowest BCUT2D eigenvalue weighted by molar-refractivity contribution is -0.714. The second-order valence-corrected chi connectivity index (χ2v) is 4.10. The van der Waals surface area contributed by atoms with Crippen LogP contribution in [0.1, 0.15) is 44.8 Å². The number of carboxylic acid groups (broad SMARTS) is 1. The summed E-state index contributed by atoms with van der Waals surface area (Å²) >= 11 is 0. The molecule has 0 bridgehead atoms. The van der Waals surface area contributed by atoms with Crippen molar-refractivity contribution in [2.45, 2.75) is 53.1 Å². The zero-order valence-electron chi connectivity index (χ0n) is 10.5. The largest absolute Gasteiger partial charge is 0.478 e. The average Bonchev–Trinajstić information content (AvgIpc) is 2.54. The van der Waals surface area contributed by atoms with Gasteiger partial charge in [-0.25, -0.2) is 13.9 Å². The van der Waals surface area contributed by atoms with Crippen molar-refractivity contribution in [2.75, 3.05) is 0 Å². The third-order valence-electron chi connectivity index (χ3n) is 2.93. The molecule has 0 fully saturated rings. The van der Waals surface area contributed by atoms with Crippen LogP contribution in [0.2, 0.25) is 0 Å². The number of hydrogen-bond donors (Lipinski definition) is 1. The van der Waals surface area contributed by atoms with Crippen molar-refractivity contribution in [1.82, 2.24) is 4.57 Å². The van der Waals surface area contributed by atoms with E-state index < -0.39 is 12.0 Å². The van der Waals surface area contributed by atoms with Gasteiger partial charge in [0, 0.05) is 13.3 Å². The topological polar surface area (TPSA) is 46.1 Å². The van der Waals surface area contributed by atoms with Gasteiger partial charge in [0.05, 0.1) is 6.54 Å². The van der Waals surface area contributed by atoms with Crippen LogP contribution in [0.4, 0.5) is 0 Å². The molecule has 1 rings (SSSR count). The summed E-state index contributed by atoms with van der Waals surface area (Å²) in [5, 5.41) is 9.07. The molecule has 0 spiro atoms. The highest BCUT2D eigenvalue weighted by Crippen LogP contribution is 2.09. The Morgan fingerprint density at radius 3 is 2.62 bits per heavy atom. The van der Waals surface area contributed by atoms with Gasteiger partial charge in [-0.15, -0.1) is 0 Å². The molecule has 1 heterocycles. The van der Waals surface area contributed by atoms with E-state index in [0.717, 1.165) is 30.9 Å². The second kappa shape index (κ2) is 5.14. The van der Waals surface area contributed by atoms with Crippen molar-refractivity contribution in [3.8, 4) is 0 Å². The van der Waals surface area contributed by atoms with Crippen LogP contribution in [0.25, 0.3) is 0 Å². The first-order chi connectivity index (χ1) is 7.52. The number of carboxylic acids is 1. The van der Waals surface area contributed by atoms with Crippen LogP contribution in [-0.2, 0) is 17.8 Å². The van der Waals surface area contributed by atoms with E-state index in [1.165, 1.54) is 0 Å². The molecule has 0 saturated heterocycles. The molecule has 4 heteroatoms. The first kappa shape index (κ1) is 12.7. The number of hydrogen-bond acceptors (Lipinski definition) is 1. The Labute approximate surface area is 96.5 Å². The highest BCUT2D eigenvalue weighted by atomic mass is 16.4. The molecule has 1 unspecified atom stereocenters. The number of imidazole rings is 1. The Morgan fingerprint density at radius 2 is 2.19 bits per heavy atom. The van der Waals surface area contributed by atoms with Crippen LogP contribution in [-0.4, -0.2) is 15.6 Å². The van der Waals surface area contributed by atoms with Crippen molar-refractivity contribution in [3.05, 3.63) is 17.7 Å². The van der Waals surface area contributed by atoms with Gasteiger partial charge in [0.15, 0.2) is 6.04 Å². The van der Waals surface area contributed by atoms with Crippen molar-refractivity contribution < 1.29 is 14.5 Å². The van der Waals surface area contributed by atoms with Gasteiger partial charge in [0.25, 0.3) is 5.82 Å². The Bertz CT molecular complexity index is 383. The summed E-state index contributed by atoms with van der Waals surface area (Å²) in [7, 11) is 0. The predicted octanol–water partition coefficient (Wildman–Crippen LogP) is 1.70. The lowest BCUT2D eigenvalue weighted by Crippen LogP contribution is -2.44. The van der Waals surface area contributed by atoms with E-state index in [1.54, 1.807) is 6.92 Å². The average molecular weight is 225 g/mol. The Morgan fingerprint density at radius 1 is 1.56 bits per heavy atom. The minimum Gasteiger partial charge on any atom is -0.478 e. The number of aryl methyl sites for hydroxylation is 1. The smallest absolute Gasteiger partial charge is 0.349 e. The monoisotopic (exact) mass is 225 g/mol. The van der Waals surface area contributed by atoms with Crippen molar-refractivity contribution in [1.29, 1.82) is 0 Å². The maximum atomic E-state index is 11.0. The van der Waals surface area contributed by atoms with Gasteiger partial charge in [-0.05, 0) is 20.3 Å². The highest BCUT2D eigenvalue weighted by molar-refractivity contribution is 5.69. The predicted molar refractivity (Wildman–Crippen MR) is 61.4 cm³/mol. The van der Waals surface area contributed by atoms with Gasteiger partial charge in [0.1, 0.15) is 11.9 Å². The zero-order chi connectivity index (χ0) is 12.3. The second-order valence-electron chi connectivity index (χ2n) is 4.10. The number of aliphatic carboxylic acids is 1. The maximum absolute atomic E-state index is 11.0. The highest BCUT2D eigenvalue weighted by Gasteiger charge is 2.26. The lowest BCUT2D eigenvalue weighted by Gasteiger charge is -2.06. The van der Waals surface area contributed by atoms with Crippen LogP contribution >= 0.6 is 0 Å². The molecule has 0 aliphatic rings. The summed E-state index contributed by atoms with van der Waals surface area (Å²) in [6, 6.07) is -0.493. The molecular weight excluding hydrogens is 204 g/mol. The van der Waals surface area contributed by atoms with Crippen LogP contribution in [0, 0.1) is 6.92 Å². The molecule has 1 aromatic heterocycles. The molecule has 1 aromatic rings. The Hall–Kier alpha value is -1.32. The fourth-order valence-electron chi connectivity index (χ4n) is 2.06. The summed E-state index contributed by atoms with van der Waals surface area (Å²) in [5.41, 5.74) is 1.12. The van der Waals surface area contributed by atoms with Crippen LogP contribution in [0.3, 0.4) is 0 Å². The molecule has 0 aliphatic carbocycles. The summed E-state index contributed by atoms with van der Waals surface area (Å²) in [6.07, 6.45) is 3.88. The molecule has 0 amide bonds. The number of carbonyl (C=O) groups is 1. The first-order valence-electron chi connectivity index (χ1n) is 5.85. The van der Waals surface area contributed by atoms with Gasteiger partial charge in [-0.3, -0.25) is 0 Å². The molecule has 4 nitrogen and oxygen atoms in total. The zero-order valence-corrected chi connectivity index (χ0v) is 10.5. The van der Waals surface area contributed by atoms with E-state index >= 15 is 0 Å². The molecule has 0 aliphatic heterocycles. The molecule has 0 aromatic carbocycles. The standard InChI is InChI=1S/C12H20N2O2/c1-5-7-11-13(6-2)9(3)8-14(11)10(4)12(15)16/h8,10H,5-7H2,1-4H3/p+1. The Balaban J connectivity index is 3.22. The third-order valence-corrected chi connectivity index (χ3v) is 2.93. The van der Waals surface area contributed by atoms with E-state index in [9.17, 15) is 4.79 Å². The minimum absolute atomic E-state index is 0.493. The minimum atomic E-state index is -0.782. The van der Waals surface area contributed by atoms with Crippen molar-refractivity contribution >= 4 is 5.97 Å². The molecule has 1 atom stereocenters. The van der Waals surface area contributed by atoms with Gasteiger partial charge in [-0.1, -0.05) is 6.92 Å². The molecule has 0 saturated carbocycles. The number of aromatic nitrogens is 2. The summed E-state index contributed by atoms with van der Waals surface area (Å²) in [5.74, 6) is 0.327. The van der Waals surface area contributed by atoms with Crippen LogP contribution in [0.5, 0.6) is 0 Å². The molecular formula is C12H21N2O2+. The maximum Gasteiger partial charge on any atom is 0.349 e. The molecule has 16 heavy (non-hydrogen) atoms. The fraction of sp³-hybridized carbons (Fsp3) is 0.667. The fourth-order valence-corrected chi connectivity index (χ4v) is 2.06. The van der Waals surface area contributed by atoms with Crippen LogP contribution < -0.4 is 4.57 Å². The van der Waals surface area contributed by atoms with E-state index in [2.05, 4.69) is 18.4 Å².